The highest BCUT2D eigenvalue weighted by atomic mass is 15.4. The summed E-state index contributed by atoms with van der Waals surface area (Å²) in [5.74, 6) is 0. The molecule has 4 rings (SSSR count). The van der Waals surface area contributed by atoms with Gasteiger partial charge in [0.05, 0.1) is 12.7 Å². The van der Waals surface area contributed by atoms with Gasteiger partial charge in [0, 0.05) is 18.0 Å². The molecular weight excluding hydrogens is 344 g/mol. The zero-order valence-electron chi connectivity index (χ0n) is 16.5. The lowest BCUT2D eigenvalue weighted by Gasteiger charge is -2.19. The Hall–Kier alpha value is -3.27. The Morgan fingerprint density at radius 1 is 0.750 bits per heavy atom. The Kier molecular flexibility index (Phi) is 4.78. The van der Waals surface area contributed by atoms with E-state index in [1.54, 1.807) is 0 Å². The first kappa shape index (κ1) is 18.1. The molecule has 0 aliphatic rings. The van der Waals surface area contributed by atoms with E-state index in [9.17, 15) is 0 Å². The molecule has 0 aliphatic carbocycles. The van der Waals surface area contributed by atoms with Crippen LogP contribution in [0.15, 0.2) is 79.3 Å². The first-order valence-electron chi connectivity index (χ1n) is 9.49. The third kappa shape index (κ3) is 4.01. The van der Waals surface area contributed by atoms with Gasteiger partial charge in [-0.15, -0.1) is 5.10 Å². The van der Waals surface area contributed by atoms with Crippen molar-refractivity contribution in [1.82, 2.24) is 20.0 Å². The van der Waals surface area contributed by atoms with Crippen molar-refractivity contribution >= 4 is 0 Å². The third-order valence-electron chi connectivity index (χ3n) is 4.90. The van der Waals surface area contributed by atoms with E-state index < -0.39 is 0 Å². The van der Waals surface area contributed by atoms with E-state index in [1.165, 1.54) is 11.1 Å². The van der Waals surface area contributed by atoms with Gasteiger partial charge >= 0.3 is 0 Å². The molecule has 0 spiro atoms. The summed E-state index contributed by atoms with van der Waals surface area (Å²) in [6.07, 6.45) is 5.62. The first-order valence-corrected chi connectivity index (χ1v) is 9.49. The van der Waals surface area contributed by atoms with Gasteiger partial charge in [0.15, 0.2) is 0 Å². The number of pyridine rings is 1. The molecule has 0 radical (unpaired) electrons. The average molecular weight is 368 g/mol. The van der Waals surface area contributed by atoms with E-state index in [2.05, 4.69) is 84.6 Å². The Morgan fingerprint density at radius 3 is 2.00 bits per heavy atom. The van der Waals surface area contributed by atoms with Crippen molar-refractivity contribution in [3.05, 3.63) is 90.4 Å². The van der Waals surface area contributed by atoms with Crippen LogP contribution in [0.25, 0.3) is 22.4 Å². The molecule has 0 saturated carbocycles. The molecule has 2 heterocycles. The van der Waals surface area contributed by atoms with Gasteiger partial charge in [-0.2, -0.15) is 0 Å². The van der Waals surface area contributed by atoms with Crippen LogP contribution in [-0.4, -0.2) is 20.0 Å². The number of rotatable bonds is 4. The van der Waals surface area contributed by atoms with Crippen molar-refractivity contribution < 1.29 is 0 Å². The van der Waals surface area contributed by atoms with E-state index >= 15 is 0 Å². The van der Waals surface area contributed by atoms with Crippen LogP contribution in [-0.2, 0) is 12.0 Å². The Labute approximate surface area is 165 Å². The van der Waals surface area contributed by atoms with Gasteiger partial charge in [0.1, 0.15) is 5.69 Å². The highest BCUT2D eigenvalue weighted by Crippen LogP contribution is 2.24. The molecular formula is C24H24N4. The van der Waals surface area contributed by atoms with E-state index in [1.807, 2.05) is 35.4 Å². The SMILES string of the molecule is CC(C)(C)c1ccc(Cn2cc(-c3ccc(-c4ccncc4)cc3)nn2)cc1. The van der Waals surface area contributed by atoms with Crippen LogP contribution in [0, 0.1) is 0 Å². The van der Waals surface area contributed by atoms with E-state index in [4.69, 9.17) is 0 Å². The summed E-state index contributed by atoms with van der Waals surface area (Å²) in [4.78, 5) is 4.07. The molecule has 0 bridgehead atoms. The van der Waals surface area contributed by atoms with E-state index in [0.717, 1.165) is 22.4 Å². The van der Waals surface area contributed by atoms with Crippen molar-refractivity contribution in [2.45, 2.75) is 32.7 Å². The molecule has 2 aromatic heterocycles. The van der Waals surface area contributed by atoms with Crippen LogP contribution in [0.3, 0.4) is 0 Å². The number of hydrogen-bond donors (Lipinski definition) is 0. The molecule has 0 saturated heterocycles. The Bertz CT molecular complexity index is 1040. The second-order valence-electron chi connectivity index (χ2n) is 8.06. The minimum atomic E-state index is 0.168. The molecule has 0 atom stereocenters. The quantitative estimate of drug-likeness (QED) is 0.487. The summed E-state index contributed by atoms with van der Waals surface area (Å²) in [6, 6.07) is 21.1. The molecule has 0 fully saturated rings. The third-order valence-corrected chi connectivity index (χ3v) is 4.90. The minimum absolute atomic E-state index is 0.168. The molecule has 4 heteroatoms. The maximum atomic E-state index is 4.34. The van der Waals surface area contributed by atoms with Gasteiger partial charge in [0.2, 0.25) is 0 Å². The molecule has 0 unspecified atom stereocenters. The number of hydrogen-bond acceptors (Lipinski definition) is 3. The van der Waals surface area contributed by atoms with E-state index in [0.29, 0.717) is 6.54 Å². The first-order chi connectivity index (χ1) is 13.5. The van der Waals surface area contributed by atoms with Crippen molar-refractivity contribution in [1.29, 1.82) is 0 Å². The molecule has 140 valence electrons. The highest BCUT2D eigenvalue weighted by Gasteiger charge is 2.13. The number of benzene rings is 2. The summed E-state index contributed by atoms with van der Waals surface area (Å²) >= 11 is 0. The Morgan fingerprint density at radius 2 is 1.36 bits per heavy atom. The average Bonchev–Trinajstić information content (AvgIpc) is 3.17. The largest absolute Gasteiger partial charge is 0.265 e. The van der Waals surface area contributed by atoms with Crippen LogP contribution in [0.2, 0.25) is 0 Å². The fraction of sp³-hybridized carbons (Fsp3) is 0.208. The van der Waals surface area contributed by atoms with Gasteiger partial charge in [-0.05, 0) is 39.8 Å². The van der Waals surface area contributed by atoms with Crippen molar-refractivity contribution in [3.8, 4) is 22.4 Å². The maximum Gasteiger partial charge on any atom is 0.113 e. The van der Waals surface area contributed by atoms with Crippen LogP contribution < -0.4 is 0 Å². The van der Waals surface area contributed by atoms with Crippen molar-refractivity contribution in [2.75, 3.05) is 0 Å². The van der Waals surface area contributed by atoms with Crippen molar-refractivity contribution in [3.63, 3.8) is 0 Å². The van der Waals surface area contributed by atoms with E-state index in [-0.39, 0.29) is 5.41 Å². The highest BCUT2D eigenvalue weighted by molar-refractivity contribution is 5.68. The van der Waals surface area contributed by atoms with Crippen LogP contribution in [0.4, 0.5) is 0 Å². The number of aromatic nitrogens is 4. The fourth-order valence-electron chi connectivity index (χ4n) is 3.18. The molecule has 28 heavy (non-hydrogen) atoms. The standard InChI is InChI=1S/C24H24N4/c1-24(2,3)22-10-4-18(5-11-22)16-28-17-23(26-27-28)21-8-6-19(7-9-21)20-12-14-25-15-13-20/h4-15,17H,16H2,1-3H3. The lowest BCUT2D eigenvalue weighted by atomic mass is 9.87. The normalized spacial score (nSPS) is 11.5. The molecule has 4 aromatic rings. The van der Waals surface area contributed by atoms with Crippen LogP contribution >= 0.6 is 0 Å². The number of nitrogens with zero attached hydrogens (tertiary/aromatic N) is 4. The topological polar surface area (TPSA) is 43.6 Å². The summed E-state index contributed by atoms with van der Waals surface area (Å²) in [7, 11) is 0. The van der Waals surface area contributed by atoms with Crippen LogP contribution in [0.5, 0.6) is 0 Å². The molecule has 0 amide bonds. The van der Waals surface area contributed by atoms with Gasteiger partial charge in [-0.1, -0.05) is 74.5 Å². The maximum absolute atomic E-state index is 4.34. The summed E-state index contributed by atoms with van der Waals surface area (Å²) < 4.78 is 1.89. The second kappa shape index (κ2) is 7.39. The molecule has 0 N–H and O–H groups in total. The zero-order chi connectivity index (χ0) is 19.6. The lowest BCUT2D eigenvalue weighted by Crippen LogP contribution is -2.11. The summed E-state index contributed by atoms with van der Waals surface area (Å²) in [5.41, 5.74) is 6.99. The van der Waals surface area contributed by atoms with Gasteiger partial charge in [0.25, 0.3) is 0 Å². The summed E-state index contributed by atoms with van der Waals surface area (Å²) in [5, 5.41) is 8.64. The smallest absolute Gasteiger partial charge is 0.113 e. The predicted octanol–water partition coefficient (Wildman–Crippen LogP) is 5.35. The summed E-state index contributed by atoms with van der Waals surface area (Å²) in [6.45, 7) is 7.40. The lowest BCUT2D eigenvalue weighted by molar-refractivity contribution is 0.589. The van der Waals surface area contributed by atoms with Crippen molar-refractivity contribution in [2.24, 2.45) is 0 Å². The molecule has 2 aromatic carbocycles. The van der Waals surface area contributed by atoms with Gasteiger partial charge < -0.3 is 0 Å². The molecule has 4 nitrogen and oxygen atoms in total. The second-order valence-corrected chi connectivity index (χ2v) is 8.06. The van der Waals surface area contributed by atoms with Gasteiger partial charge in [-0.3, -0.25) is 4.98 Å². The molecule has 0 aliphatic heterocycles. The predicted molar refractivity (Wildman–Crippen MR) is 113 cm³/mol. The fourth-order valence-corrected chi connectivity index (χ4v) is 3.18. The van der Waals surface area contributed by atoms with Gasteiger partial charge in [-0.25, -0.2) is 4.68 Å². The minimum Gasteiger partial charge on any atom is -0.265 e. The zero-order valence-corrected chi connectivity index (χ0v) is 16.5. The van der Waals surface area contributed by atoms with Crippen LogP contribution in [0.1, 0.15) is 31.9 Å². The Balaban J connectivity index is 1.48. The monoisotopic (exact) mass is 368 g/mol.